The van der Waals surface area contributed by atoms with Crippen LogP contribution in [0.2, 0.25) is 0 Å². The van der Waals surface area contributed by atoms with Gasteiger partial charge in [0.15, 0.2) is 0 Å². The summed E-state index contributed by atoms with van der Waals surface area (Å²) in [7, 11) is 1.56. The van der Waals surface area contributed by atoms with Crippen molar-refractivity contribution < 1.29 is 19.2 Å². The van der Waals surface area contributed by atoms with Crippen molar-refractivity contribution in [1.82, 2.24) is 0 Å². The molecule has 3 rings (SSSR count). The average molecular weight is 417 g/mol. The van der Waals surface area contributed by atoms with Crippen LogP contribution in [-0.2, 0) is 4.79 Å². The lowest BCUT2D eigenvalue weighted by atomic mass is 10.1. The van der Waals surface area contributed by atoms with Crippen molar-refractivity contribution in [3.8, 4) is 5.75 Å². The maximum Gasteiger partial charge on any atom is 0.270 e. The lowest BCUT2D eigenvalue weighted by Gasteiger charge is -2.11. The van der Waals surface area contributed by atoms with Crippen molar-refractivity contribution in [3.05, 3.63) is 100 Å². The van der Waals surface area contributed by atoms with Crippen LogP contribution in [0.4, 0.5) is 17.1 Å². The molecule has 0 saturated heterocycles. The Morgan fingerprint density at radius 3 is 2.42 bits per heavy atom. The smallest absolute Gasteiger partial charge is 0.270 e. The number of nitro groups is 1. The lowest BCUT2D eigenvalue weighted by molar-refractivity contribution is -0.384. The predicted molar refractivity (Wildman–Crippen MR) is 118 cm³/mol. The summed E-state index contributed by atoms with van der Waals surface area (Å²) in [5.41, 5.74) is 1.65. The molecule has 31 heavy (non-hydrogen) atoms. The van der Waals surface area contributed by atoms with Crippen molar-refractivity contribution in [2.45, 2.75) is 0 Å². The van der Waals surface area contributed by atoms with Crippen LogP contribution in [0.25, 0.3) is 6.08 Å². The van der Waals surface area contributed by atoms with Crippen molar-refractivity contribution in [3.63, 3.8) is 0 Å². The molecule has 8 nitrogen and oxygen atoms in total. The van der Waals surface area contributed by atoms with E-state index >= 15 is 0 Å². The van der Waals surface area contributed by atoms with E-state index in [9.17, 15) is 19.7 Å². The SMILES string of the molecule is COc1ccc(NC(=O)c2ccccc2NC(=O)C=Cc2cccc([N+](=O)[O-])c2)cc1. The molecule has 0 atom stereocenters. The van der Waals surface area contributed by atoms with Gasteiger partial charge in [-0.1, -0.05) is 24.3 Å². The first-order valence-electron chi connectivity index (χ1n) is 9.24. The van der Waals surface area contributed by atoms with Gasteiger partial charge in [-0.25, -0.2) is 0 Å². The highest BCUT2D eigenvalue weighted by Gasteiger charge is 2.13. The molecule has 2 amide bonds. The zero-order valence-corrected chi connectivity index (χ0v) is 16.6. The van der Waals surface area contributed by atoms with Crippen LogP contribution in [0.1, 0.15) is 15.9 Å². The van der Waals surface area contributed by atoms with Gasteiger partial charge in [-0.15, -0.1) is 0 Å². The molecule has 3 aromatic rings. The molecule has 0 spiro atoms. The number of methoxy groups -OCH3 is 1. The minimum Gasteiger partial charge on any atom is -0.497 e. The molecule has 0 unspecified atom stereocenters. The Balaban J connectivity index is 1.70. The number of nitrogens with zero attached hydrogens (tertiary/aromatic N) is 1. The van der Waals surface area contributed by atoms with E-state index in [-0.39, 0.29) is 17.2 Å². The van der Waals surface area contributed by atoms with Gasteiger partial charge in [-0.2, -0.15) is 0 Å². The van der Waals surface area contributed by atoms with E-state index in [1.54, 1.807) is 61.7 Å². The van der Waals surface area contributed by atoms with Crippen molar-refractivity contribution >= 4 is 35.0 Å². The fourth-order valence-corrected chi connectivity index (χ4v) is 2.75. The third-order valence-corrected chi connectivity index (χ3v) is 4.29. The quantitative estimate of drug-likeness (QED) is 0.334. The van der Waals surface area contributed by atoms with E-state index in [1.165, 1.54) is 30.4 Å². The van der Waals surface area contributed by atoms with Gasteiger partial charge in [0.05, 0.1) is 23.3 Å². The molecule has 156 valence electrons. The Morgan fingerprint density at radius 1 is 0.968 bits per heavy atom. The number of hydrogen-bond acceptors (Lipinski definition) is 5. The summed E-state index contributed by atoms with van der Waals surface area (Å²) in [5, 5.41) is 16.3. The number of nitrogens with one attached hydrogen (secondary N) is 2. The van der Waals surface area contributed by atoms with Crippen molar-refractivity contribution in [2.75, 3.05) is 17.7 Å². The fourth-order valence-electron chi connectivity index (χ4n) is 2.75. The number of nitro benzene ring substituents is 1. The number of amides is 2. The molecule has 0 heterocycles. The van der Waals surface area contributed by atoms with Gasteiger partial charge in [0.1, 0.15) is 5.75 Å². The minimum atomic E-state index is -0.505. The Bertz CT molecular complexity index is 1140. The van der Waals surface area contributed by atoms with E-state index in [0.29, 0.717) is 22.7 Å². The second-order valence-electron chi connectivity index (χ2n) is 6.40. The van der Waals surface area contributed by atoms with E-state index < -0.39 is 10.8 Å². The summed E-state index contributed by atoms with van der Waals surface area (Å²) in [6.07, 6.45) is 2.71. The standard InChI is InChI=1S/C23H19N3O5/c1-31-19-12-10-17(11-13-19)24-23(28)20-7-2-3-8-21(20)25-22(27)14-9-16-5-4-6-18(15-16)26(29)30/h2-15H,1H3,(H,24,28)(H,25,27). The molecule has 0 aliphatic heterocycles. The Labute approximate surface area is 178 Å². The number of carbonyl (C=O) groups excluding carboxylic acids is 2. The third kappa shape index (κ3) is 5.77. The van der Waals surface area contributed by atoms with E-state index in [1.807, 2.05) is 0 Å². The largest absolute Gasteiger partial charge is 0.497 e. The van der Waals surface area contributed by atoms with Gasteiger partial charge in [-0.05, 0) is 48.0 Å². The Morgan fingerprint density at radius 2 is 1.71 bits per heavy atom. The Hall–Kier alpha value is -4.46. The van der Waals surface area contributed by atoms with Crippen molar-refractivity contribution in [1.29, 1.82) is 0 Å². The van der Waals surface area contributed by atoms with Gasteiger partial charge in [0, 0.05) is 23.9 Å². The predicted octanol–water partition coefficient (Wildman–Crippen LogP) is 4.51. The van der Waals surface area contributed by atoms with E-state index in [4.69, 9.17) is 4.74 Å². The highest BCUT2D eigenvalue weighted by atomic mass is 16.6. The van der Waals surface area contributed by atoms with Gasteiger partial charge in [0.25, 0.3) is 11.6 Å². The molecule has 0 fully saturated rings. The van der Waals surface area contributed by atoms with Gasteiger partial charge < -0.3 is 15.4 Å². The molecule has 0 bridgehead atoms. The molecule has 0 radical (unpaired) electrons. The minimum absolute atomic E-state index is 0.0666. The maximum atomic E-state index is 12.7. The molecule has 0 aliphatic carbocycles. The fraction of sp³-hybridized carbons (Fsp3) is 0.0435. The van der Waals surface area contributed by atoms with E-state index in [2.05, 4.69) is 10.6 Å². The van der Waals surface area contributed by atoms with Crippen molar-refractivity contribution in [2.24, 2.45) is 0 Å². The Kier molecular flexibility index (Phi) is 6.74. The number of hydrogen-bond donors (Lipinski definition) is 2. The number of carbonyl (C=O) groups is 2. The zero-order valence-electron chi connectivity index (χ0n) is 16.6. The number of non-ortho nitro benzene ring substituents is 1. The molecule has 2 N–H and O–H groups in total. The van der Waals surface area contributed by atoms with Crippen LogP contribution in [0.3, 0.4) is 0 Å². The molecule has 0 saturated carbocycles. The van der Waals surface area contributed by atoms with Crippen LogP contribution in [-0.4, -0.2) is 23.8 Å². The van der Waals surface area contributed by atoms with Crippen LogP contribution >= 0.6 is 0 Å². The highest BCUT2D eigenvalue weighted by molar-refractivity contribution is 6.11. The first-order chi connectivity index (χ1) is 15.0. The molecule has 0 aromatic heterocycles. The normalized spacial score (nSPS) is 10.5. The maximum absolute atomic E-state index is 12.7. The van der Waals surface area contributed by atoms with E-state index in [0.717, 1.165) is 0 Å². The zero-order chi connectivity index (χ0) is 22.2. The molecule has 8 heteroatoms. The second kappa shape index (κ2) is 9.84. The van der Waals surface area contributed by atoms with Crippen LogP contribution < -0.4 is 15.4 Å². The number of rotatable bonds is 7. The third-order valence-electron chi connectivity index (χ3n) is 4.29. The summed E-state index contributed by atoms with van der Waals surface area (Å²) >= 11 is 0. The van der Waals surface area contributed by atoms with Gasteiger partial charge in [0.2, 0.25) is 5.91 Å². The molecular weight excluding hydrogens is 398 g/mol. The summed E-state index contributed by atoms with van der Waals surface area (Å²) < 4.78 is 5.09. The summed E-state index contributed by atoms with van der Waals surface area (Å²) in [6, 6.07) is 19.4. The van der Waals surface area contributed by atoms with Crippen LogP contribution in [0.5, 0.6) is 5.75 Å². The average Bonchev–Trinajstić information content (AvgIpc) is 2.78. The number of benzene rings is 3. The highest BCUT2D eigenvalue weighted by Crippen LogP contribution is 2.20. The number of anilines is 2. The topological polar surface area (TPSA) is 111 Å². The monoisotopic (exact) mass is 417 g/mol. The summed E-state index contributed by atoms with van der Waals surface area (Å²) in [4.78, 5) is 35.4. The van der Waals surface area contributed by atoms with Gasteiger partial charge in [-0.3, -0.25) is 19.7 Å². The lowest BCUT2D eigenvalue weighted by Crippen LogP contribution is -2.17. The number of para-hydroxylation sites is 1. The molecular formula is C23H19N3O5. The summed E-state index contributed by atoms with van der Waals surface area (Å²) in [6.45, 7) is 0. The first-order valence-corrected chi connectivity index (χ1v) is 9.24. The van der Waals surface area contributed by atoms with Gasteiger partial charge >= 0.3 is 0 Å². The summed E-state index contributed by atoms with van der Waals surface area (Å²) in [5.74, 6) is -0.193. The molecule has 0 aliphatic rings. The van der Waals surface area contributed by atoms with Crippen LogP contribution in [0, 0.1) is 10.1 Å². The second-order valence-corrected chi connectivity index (χ2v) is 6.40. The first kappa shape index (κ1) is 21.3. The van der Waals surface area contributed by atoms with Crippen LogP contribution in [0.15, 0.2) is 78.9 Å². The molecule has 3 aromatic carbocycles. The number of ether oxygens (including phenoxy) is 1.